The summed E-state index contributed by atoms with van der Waals surface area (Å²) in [5, 5.41) is 0. The molecule has 1 aromatic heterocycles. The number of halogens is 2. The molecule has 1 amide bonds. The van der Waals surface area contributed by atoms with Crippen LogP contribution in [0.1, 0.15) is 0 Å². The van der Waals surface area contributed by atoms with Crippen molar-refractivity contribution in [2.24, 2.45) is 0 Å². The van der Waals surface area contributed by atoms with Gasteiger partial charge in [-0.3, -0.25) is 4.79 Å². The van der Waals surface area contributed by atoms with E-state index >= 15 is 0 Å². The lowest BCUT2D eigenvalue weighted by atomic mass is 10.4. The van der Waals surface area contributed by atoms with E-state index < -0.39 is 0 Å². The van der Waals surface area contributed by atoms with Gasteiger partial charge in [-0.05, 0) is 37.9 Å². The lowest BCUT2D eigenvalue weighted by Crippen LogP contribution is -2.34. The van der Waals surface area contributed by atoms with Crippen molar-refractivity contribution >= 4 is 43.6 Å². The molecule has 0 saturated carbocycles. The molecule has 1 rings (SSSR count). The molecular formula is C10H13Br2N3O. The predicted molar refractivity (Wildman–Crippen MR) is 71.6 cm³/mol. The smallest absolute Gasteiger partial charge is 0.241 e. The van der Waals surface area contributed by atoms with Gasteiger partial charge in [0.15, 0.2) is 0 Å². The number of carbonyl (C=O) groups is 1. The van der Waals surface area contributed by atoms with Gasteiger partial charge in [0.1, 0.15) is 5.82 Å². The number of anilines is 1. The first-order chi connectivity index (χ1) is 7.41. The highest BCUT2D eigenvalue weighted by Crippen LogP contribution is 2.25. The van der Waals surface area contributed by atoms with E-state index in [-0.39, 0.29) is 5.91 Å². The van der Waals surface area contributed by atoms with Gasteiger partial charge < -0.3 is 9.80 Å². The molecule has 1 heterocycles. The molecule has 0 N–H and O–H groups in total. The van der Waals surface area contributed by atoms with E-state index in [1.165, 1.54) is 0 Å². The predicted octanol–water partition coefficient (Wildman–Crippen LogP) is 2.13. The molecule has 0 spiro atoms. The number of hydrogen-bond acceptors (Lipinski definition) is 3. The monoisotopic (exact) mass is 349 g/mol. The molecule has 0 bridgehead atoms. The highest BCUT2D eigenvalue weighted by atomic mass is 79.9. The molecule has 1 aromatic rings. The second-order valence-electron chi connectivity index (χ2n) is 3.60. The Morgan fingerprint density at radius 1 is 1.38 bits per heavy atom. The van der Waals surface area contributed by atoms with Crippen molar-refractivity contribution in [2.45, 2.75) is 0 Å². The summed E-state index contributed by atoms with van der Waals surface area (Å²) in [5.74, 6) is 0.789. The quantitative estimate of drug-likeness (QED) is 0.837. The van der Waals surface area contributed by atoms with Crippen molar-refractivity contribution in [2.75, 3.05) is 32.6 Å². The maximum absolute atomic E-state index is 11.5. The minimum absolute atomic E-state index is 0.0409. The number of hydrogen-bond donors (Lipinski definition) is 0. The van der Waals surface area contributed by atoms with Gasteiger partial charge >= 0.3 is 0 Å². The van der Waals surface area contributed by atoms with Crippen LogP contribution in [0.25, 0.3) is 0 Å². The minimum atomic E-state index is 0.0409. The summed E-state index contributed by atoms with van der Waals surface area (Å²) in [6.07, 6.45) is 1.71. The number of amides is 1. The molecule has 0 aliphatic rings. The normalized spacial score (nSPS) is 10.1. The lowest BCUT2D eigenvalue weighted by molar-refractivity contribution is -0.127. The van der Waals surface area contributed by atoms with E-state index in [0.29, 0.717) is 6.54 Å². The summed E-state index contributed by atoms with van der Waals surface area (Å²) in [4.78, 5) is 19.2. The Kier molecular flexibility index (Phi) is 4.73. The van der Waals surface area contributed by atoms with Crippen LogP contribution in [0.3, 0.4) is 0 Å². The van der Waals surface area contributed by atoms with Crippen molar-refractivity contribution in [3.63, 3.8) is 0 Å². The first kappa shape index (κ1) is 13.4. The fraction of sp³-hybridized carbons (Fsp3) is 0.400. The molecule has 0 unspecified atom stereocenters. The molecular weight excluding hydrogens is 338 g/mol. The van der Waals surface area contributed by atoms with E-state index in [1.807, 2.05) is 13.1 Å². The average Bonchev–Trinajstić information content (AvgIpc) is 2.16. The van der Waals surface area contributed by atoms with Crippen LogP contribution in [0.2, 0.25) is 0 Å². The van der Waals surface area contributed by atoms with Crippen molar-refractivity contribution in [1.82, 2.24) is 9.88 Å². The maximum Gasteiger partial charge on any atom is 0.241 e. The molecule has 0 aromatic carbocycles. The second kappa shape index (κ2) is 5.63. The Balaban J connectivity index is 2.80. The van der Waals surface area contributed by atoms with Gasteiger partial charge in [0.2, 0.25) is 5.91 Å². The fourth-order valence-corrected chi connectivity index (χ4v) is 2.40. The molecule has 0 fully saturated rings. The summed E-state index contributed by atoms with van der Waals surface area (Å²) >= 11 is 6.75. The van der Waals surface area contributed by atoms with Gasteiger partial charge in [0, 0.05) is 31.8 Å². The Morgan fingerprint density at radius 2 is 2.00 bits per heavy atom. The van der Waals surface area contributed by atoms with Crippen LogP contribution >= 0.6 is 31.9 Å². The summed E-state index contributed by atoms with van der Waals surface area (Å²) in [6, 6.07) is 1.90. The van der Waals surface area contributed by atoms with E-state index in [2.05, 4.69) is 36.8 Å². The number of rotatable bonds is 3. The number of carbonyl (C=O) groups excluding carboxylic acids is 1. The van der Waals surface area contributed by atoms with E-state index in [1.54, 1.807) is 30.1 Å². The number of pyridine rings is 1. The molecule has 6 heteroatoms. The summed E-state index contributed by atoms with van der Waals surface area (Å²) < 4.78 is 1.76. The maximum atomic E-state index is 11.5. The van der Waals surface area contributed by atoms with E-state index in [4.69, 9.17) is 0 Å². The van der Waals surface area contributed by atoms with Crippen LogP contribution in [0.15, 0.2) is 21.2 Å². The third-order valence-electron chi connectivity index (χ3n) is 2.02. The number of aromatic nitrogens is 1. The van der Waals surface area contributed by atoms with Crippen LogP contribution in [-0.2, 0) is 4.79 Å². The van der Waals surface area contributed by atoms with Gasteiger partial charge in [-0.15, -0.1) is 0 Å². The fourth-order valence-electron chi connectivity index (χ4n) is 1.11. The Hall–Kier alpha value is -0.620. The number of likely N-dealkylation sites (N-methyl/N-ethyl adjacent to an activating group) is 2. The standard InChI is InChI=1S/C10H13Br2N3O/c1-14(2)9(16)6-15(3)10-8(12)4-7(11)5-13-10/h4-5H,6H2,1-3H3. The van der Waals surface area contributed by atoms with Crippen molar-refractivity contribution in [3.05, 3.63) is 21.2 Å². The SMILES string of the molecule is CN(C)C(=O)CN(C)c1ncc(Br)cc1Br. The molecule has 88 valence electrons. The van der Waals surface area contributed by atoms with Crippen LogP contribution < -0.4 is 4.90 Å². The highest BCUT2D eigenvalue weighted by Gasteiger charge is 2.12. The van der Waals surface area contributed by atoms with Crippen LogP contribution in [0.5, 0.6) is 0 Å². The molecule has 0 saturated heterocycles. The summed E-state index contributed by atoms with van der Waals surface area (Å²) in [5.41, 5.74) is 0. The topological polar surface area (TPSA) is 36.4 Å². The van der Waals surface area contributed by atoms with E-state index in [0.717, 1.165) is 14.8 Å². The molecule has 0 aliphatic heterocycles. The Labute approximate surface area is 112 Å². The molecule has 16 heavy (non-hydrogen) atoms. The zero-order chi connectivity index (χ0) is 12.3. The van der Waals surface area contributed by atoms with Gasteiger partial charge in [0.25, 0.3) is 0 Å². The summed E-state index contributed by atoms with van der Waals surface area (Å²) in [6.45, 7) is 0.306. The van der Waals surface area contributed by atoms with Gasteiger partial charge in [-0.1, -0.05) is 0 Å². The lowest BCUT2D eigenvalue weighted by Gasteiger charge is -2.21. The first-order valence-corrected chi connectivity index (χ1v) is 6.22. The second-order valence-corrected chi connectivity index (χ2v) is 5.37. The highest BCUT2D eigenvalue weighted by molar-refractivity contribution is 9.11. The van der Waals surface area contributed by atoms with Crippen LogP contribution in [-0.4, -0.2) is 43.5 Å². The van der Waals surface area contributed by atoms with Gasteiger partial charge in [0.05, 0.1) is 11.0 Å². The largest absolute Gasteiger partial charge is 0.349 e. The van der Waals surface area contributed by atoms with Gasteiger partial charge in [-0.25, -0.2) is 4.98 Å². The van der Waals surface area contributed by atoms with Gasteiger partial charge in [-0.2, -0.15) is 0 Å². The van der Waals surface area contributed by atoms with E-state index in [9.17, 15) is 4.79 Å². The molecule has 0 radical (unpaired) electrons. The van der Waals surface area contributed by atoms with Crippen LogP contribution in [0.4, 0.5) is 5.82 Å². The third kappa shape index (κ3) is 3.45. The molecule has 0 aliphatic carbocycles. The summed E-state index contributed by atoms with van der Waals surface area (Å²) in [7, 11) is 5.31. The zero-order valence-corrected chi connectivity index (χ0v) is 12.5. The Morgan fingerprint density at radius 3 is 2.50 bits per heavy atom. The number of nitrogens with zero attached hydrogens (tertiary/aromatic N) is 3. The Bertz CT molecular complexity index is 396. The minimum Gasteiger partial charge on any atom is -0.349 e. The van der Waals surface area contributed by atoms with Crippen molar-refractivity contribution in [1.29, 1.82) is 0 Å². The van der Waals surface area contributed by atoms with Crippen molar-refractivity contribution < 1.29 is 4.79 Å². The third-order valence-corrected chi connectivity index (χ3v) is 3.04. The first-order valence-electron chi connectivity index (χ1n) is 4.64. The molecule has 4 nitrogen and oxygen atoms in total. The zero-order valence-electron chi connectivity index (χ0n) is 9.37. The molecule has 0 atom stereocenters. The van der Waals surface area contributed by atoms with Crippen molar-refractivity contribution in [3.8, 4) is 0 Å². The average molecular weight is 351 g/mol. The van der Waals surface area contributed by atoms with Crippen LogP contribution in [0, 0.1) is 0 Å².